The number of hydrogen-bond acceptors (Lipinski definition) is 6. The number of rotatable bonds is 5. The average molecular weight is 284 g/mol. The average Bonchev–Trinajstić information content (AvgIpc) is 2.50. The molecule has 1 aromatic carbocycles. The number of aliphatic hydroxyl groups is 4. The molecule has 1 aliphatic rings. The normalized spacial score (nSPS) is 29.3. The van der Waals surface area contributed by atoms with Crippen LogP contribution in [0.2, 0.25) is 0 Å². The molecule has 1 aliphatic heterocycles. The van der Waals surface area contributed by atoms with Gasteiger partial charge in [-0.2, -0.15) is 0 Å². The third-order valence-corrected chi connectivity index (χ3v) is 3.45. The number of aliphatic hydroxyl groups excluding tert-OH is 4. The Morgan fingerprint density at radius 1 is 1.15 bits per heavy atom. The van der Waals surface area contributed by atoms with Gasteiger partial charge in [0.2, 0.25) is 0 Å². The first-order valence-electron chi connectivity index (χ1n) is 6.51. The highest BCUT2D eigenvalue weighted by Crippen LogP contribution is 2.30. The summed E-state index contributed by atoms with van der Waals surface area (Å²) in [5.74, 6) is 0. The van der Waals surface area contributed by atoms with Crippen LogP contribution >= 0.6 is 0 Å². The van der Waals surface area contributed by atoms with E-state index in [2.05, 4.69) is 0 Å². The minimum Gasteiger partial charge on any atom is -0.393 e. The third-order valence-electron chi connectivity index (χ3n) is 3.45. The molecule has 0 spiro atoms. The van der Waals surface area contributed by atoms with Gasteiger partial charge in [0.1, 0.15) is 11.7 Å². The van der Waals surface area contributed by atoms with Crippen molar-refractivity contribution in [3.05, 3.63) is 35.9 Å². The van der Waals surface area contributed by atoms with Crippen molar-refractivity contribution in [2.24, 2.45) is 0 Å². The van der Waals surface area contributed by atoms with E-state index in [0.717, 1.165) is 5.56 Å². The summed E-state index contributed by atoms with van der Waals surface area (Å²) < 4.78 is 10.9. The highest BCUT2D eigenvalue weighted by atomic mass is 16.7. The molecule has 0 aromatic heterocycles. The lowest BCUT2D eigenvalue weighted by molar-refractivity contribution is -0.314. The smallest absolute Gasteiger partial charge is 0.187 e. The maximum atomic E-state index is 9.88. The van der Waals surface area contributed by atoms with Gasteiger partial charge in [-0.15, -0.1) is 0 Å². The van der Waals surface area contributed by atoms with Crippen LogP contribution in [0.25, 0.3) is 0 Å². The molecule has 3 unspecified atom stereocenters. The summed E-state index contributed by atoms with van der Waals surface area (Å²) in [7, 11) is 0. The van der Waals surface area contributed by atoms with Gasteiger partial charge in [0.25, 0.3) is 0 Å². The zero-order valence-corrected chi connectivity index (χ0v) is 11.1. The molecule has 0 aliphatic carbocycles. The van der Waals surface area contributed by atoms with Crippen molar-refractivity contribution in [1.29, 1.82) is 0 Å². The first-order valence-corrected chi connectivity index (χ1v) is 6.51. The Bertz CT molecular complexity index is 405. The molecular weight excluding hydrogens is 264 g/mol. The zero-order valence-electron chi connectivity index (χ0n) is 11.1. The van der Waals surface area contributed by atoms with E-state index in [1.807, 2.05) is 30.3 Å². The van der Waals surface area contributed by atoms with Gasteiger partial charge in [0.15, 0.2) is 6.29 Å². The molecule has 3 atom stereocenters. The largest absolute Gasteiger partial charge is 0.393 e. The van der Waals surface area contributed by atoms with Crippen LogP contribution in [0.3, 0.4) is 0 Å². The molecule has 0 amide bonds. The van der Waals surface area contributed by atoms with Gasteiger partial charge < -0.3 is 29.9 Å². The summed E-state index contributed by atoms with van der Waals surface area (Å²) in [6.45, 7) is -0.723. The van der Waals surface area contributed by atoms with Gasteiger partial charge in [-0.3, -0.25) is 0 Å². The molecule has 20 heavy (non-hydrogen) atoms. The lowest BCUT2D eigenvalue weighted by Crippen LogP contribution is -2.58. The van der Waals surface area contributed by atoms with Gasteiger partial charge in [-0.05, 0) is 5.56 Å². The van der Waals surface area contributed by atoms with Gasteiger partial charge in [-0.25, -0.2) is 0 Å². The fourth-order valence-electron chi connectivity index (χ4n) is 2.19. The number of ether oxygens (including phenoxy) is 2. The van der Waals surface area contributed by atoms with Crippen LogP contribution in [0.1, 0.15) is 12.0 Å². The lowest BCUT2D eigenvalue weighted by atomic mass is 9.91. The second kappa shape index (κ2) is 6.62. The van der Waals surface area contributed by atoms with Crippen LogP contribution in [-0.4, -0.2) is 57.7 Å². The summed E-state index contributed by atoms with van der Waals surface area (Å²) >= 11 is 0. The van der Waals surface area contributed by atoms with E-state index in [0.29, 0.717) is 0 Å². The molecule has 6 nitrogen and oxygen atoms in total. The molecule has 1 fully saturated rings. The van der Waals surface area contributed by atoms with Crippen LogP contribution in [0, 0.1) is 0 Å². The molecule has 112 valence electrons. The van der Waals surface area contributed by atoms with E-state index in [4.69, 9.17) is 9.47 Å². The van der Waals surface area contributed by atoms with Gasteiger partial charge in [0, 0.05) is 6.42 Å². The predicted octanol–water partition coefficient (Wildman–Crippen LogP) is -0.605. The Morgan fingerprint density at radius 3 is 2.40 bits per heavy atom. The van der Waals surface area contributed by atoms with Crippen molar-refractivity contribution in [3.63, 3.8) is 0 Å². The fourth-order valence-corrected chi connectivity index (χ4v) is 2.19. The van der Waals surface area contributed by atoms with E-state index in [1.54, 1.807) is 0 Å². The van der Waals surface area contributed by atoms with Crippen molar-refractivity contribution < 1.29 is 29.9 Å². The quantitative estimate of drug-likeness (QED) is 0.576. The Morgan fingerprint density at radius 2 is 1.80 bits per heavy atom. The predicted molar refractivity (Wildman–Crippen MR) is 69.6 cm³/mol. The van der Waals surface area contributed by atoms with Crippen molar-refractivity contribution >= 4 is 0 Å². The molecule has 2 rings (SSSR count). The van der Waals surface area contributed by atoms with E-state index in [1.165, 1.54) is 0 Å². The van der Waals surface area contributed by atoms with E-state index < -0.39 is 37.3 Å². The second-order valence-electron chi connectivity index (χ2n) is 5.04. The first-order chi connectivity index (χ1) is 9.60. The summed E-state index contributed by atoms with van der Waals surface area (Å²) in [6, 6.07) is 9.31. The van der Waals surface area contributed by atoms with E-state index >= 15 is 0 Å². The van der Waals surface area contributed by atoms with E-state index in [-0.39, 0.29) is 13.0 Å². The van der Waals surface area contributed by atoms with E-state index in [9.17, 15) is 20.4 Å². The van der Waals surface area contributed by atoms with Gasteiger partial charge in [-0.1, -0.05) is 30.3 Å². The zero-order chi connectivity index (χ0) is 14.6. The summed E-state index contributed by atoms with van der Waals surface area (Å²) in [6.07, 6.45) is -3.49. The molecule has 6 heteroatoms. The number of benzene rings is 1. The monoisotopic (exact) mass is 284 g/mol. The molecule has 1 saturated heterocycles. The number of hydrogen-bond donors (Lipinski definition) is 4. The summed E-state index contributed by atoms with van der Waals surface area (Å²) in [5, 5.41) is 38.3. The van der Waals surface area contributed by atoms with Crippen LogP contribution in [0.4, 0.5) is 0 Å². The van der Waals surface area contributed by atoms with Crippen LogP contribution in [0.15, 0.2) is 30.3 Å². The Labute approximate surface area is 117 Å². The van der Waals surface area contributed by atoms with Crippen molar-refractivity contribution in [2.45, 2.75) is 37.1 Å². The molecule has 0 bridgehead atoms. The summed E-state index contributed by atoms with van der Waals surface area (Å²) in [4.78, 5) is 0. The highest BCUT2D eigenvalue weighted by Gasteiger charge is 2.46. The SMILES string of the molecule is OCC1(CO)CC(O)C(O)C(OCc2ccccc2)O1. The van der Waals surface area contributed by atoms with Gasteiger partial charge in [0.05, 0.1) is 25.9 Å². The maximum absolute atomic E-state index is 9.88. The van der Waals surface area contributed by atoms with Gasteiger partial charge >= 0.3 is 0 Å². The third kappa shape index (κ3) is 3.35. The topological polar surface area (TPSA) is 99.4 Å². The summed E-state index contributed by atoms with van der Waals surface area (Å²) in [5.41, 5.74) is -0.401. The molecule has 0 radical (unpaired) electrons. The Kier molecular flexibility index (Phi) is 5.09. The van der Waals surface area contributed by atoms with Crippen LogP contribution in [0.5, 0.6) is 0 Å². The van der Waals surface area contributed by atoms with Crippen molar-refractivity contribution in [2.75, 3.05) is 13.2 Å². The first kappa shape index (κ1) is 15.4. The molecule has 1 heterocycles. The highest BCUT2D eigenvalue weighted by molar-refractivity contribution is 5.13. The Hall–Kier alpha value is -1.02. The fraction of sp³-hybridized carbons (Fsp3) is 0.571. The molecule has 1 aromatic rings. The van der Waals surface area contributed by atoms with Crippen LogP contribution < -0.4 is 0 Å². The molecule has 4 N–H and O–H groups in total. The lowest BCUT2D eigenvalue weighted by Gasteiger charge is -2.43. The van der Waals surface area contributed by atoms with Crippen molar-refractivity contribution in [3.8, 4) is 0 Å². The Balaban J connectivity index is 2.01. The standard InChI is InChI=1S/C14H20O6/c15-8-14(9-16)6-11(17)12(18)13(20-14)19-7-10-4-2-1-3-5-10/h1-5,11-13,15-18H,6-9H2. The minimum absolute atomic E-state index is 0.0492. The molecular formula is C14H20O6. The minimum atomic E-state index is -1.29. The second-order valence-corrected chi connectivity index (χ2v) is 5.04. The maximum Gasteiger partial charge on any atom is 0.187 e. The van der Waals surface area contributed by atoms with Crippen LogP contribution in [-0.2, 0) is 16.1 Å². The molecule has 0 saturated carbocycles. The van der Waals surface area contributed by atoms with Crippen molar-refractivity contribution in [1.82, 2.24) is 0 Å².